The highest BCUT2D eigenvalue weighted by Gasteiger charge is 2.28. The van der Waals surface area contributed by atoms with Gasteiger partial charge >= 0.3 is 12.0 Å². The molecule has 0 radical (unpaired) electrons. The third-order valence-corrected chi connectivity index (χ3v) is 4.26. The van der Waals surface area contributed by atoms with Gasteiger partial charge in [0.15, 0.2) is 0 Å². The number of carboxylic acid groups (broad SMARTS) is 1. The van der Waals surface area contributed by atoms with Crippen molar-refractivity contribution in [2.75, 3.05) is 12.9 Å². The maximum absolute atomic E-state index is 11.7. The van der Waals surface area contributed by atoms with Gasteiger partial charge < -0.3 is 20.8 Å². The van der Waals surface area contributed by atoms with Crippen molar-refractivity contribution in [3.8, 4) is 0 Å². The number of rotatable bonds is 6. The zero-order valence-electron chi connectivity index (χ0n) is 10.4. The number of carbonyl (C=O) groups is 2. The molecule has 1 aliphatic carbocycles. The fourth-order valence-electron chi connectivity index (χ4n) is 2.13. The first kappa shape index (κ1) is 15.1. The van der Waals surface area contributed by atoms with Crippen molar-refractivity contribution in [1.82, 2.24) is 10.6 Å². The molecule has 1 saturated carbocycles. The lowest BCUT2D eigenvalue weighted by molar-refractivity contribution is -0.139. The summed E-state index contributed by atoms with van der Waals surface area (Å²) in [7, 11) is 0. The topological polar surface area (TPSA) is 98.7 Å². The molecule has 0 spiro atoms. The smallest absolute Gasteiger partial charge is 0.326 e. The van der Waals surface area contributed by atoms with Gasteiger partial charge in [0.25, 0.3) is 0 Å². The van der Waals surface area contributed by atoms with Gasteiger partial charge in [0.1, 0.15) is 6.04 Å². The number of thioether (sulfide) groups is 1. The number of aliphatic carboxylic acids is 1. The Hall–Kier alpha value is -0.950. The number of hydrogen-bond acceptors (Lipinski definition) is 4. The maximum Gasteiger partial charge on any atom is 0.326 e. The van der Waals surface area contributed by atoms with E-state index in [1.165, 1.54) is 0 Å². The summed E-state index contributed by atoms with van der Waals surface area (Å²) in [5.41, 5.74) is 0. The Morgan fingerprint density at radius 3 is 2.72 bits per heavy atom. The largest absolute Gasteiger partial charge is 0.480 e. The monoisotopic (exact) mass is 276 g/mol. The van der Waals surface area contributed by atoms with Crippen LogP contribution in [-0.2, 0) is 4.79 Å². The predicted molar refractivity (Wildman–Crippen MR) is 69.7 cm³/mol. The van der Waals surface area contributed by atoms with Crippen LogP contribution >= 0.6 is 11.8 Å². The summed E-state index contributed by atoms with van der Waals surface area (Å²) in [6.07, 6.45) is 5.10. The van der Waals surface area contributed by atoms with Gasteiger partial charge in [-0.2, -0.15) is 11.8 Å². The summed E-state index contributed by atoms with van der Waals surface area (Å²) in [6.45, 7) is -0.270. The number of nitrogens with one attached hydrogen (secondary N) is 2. The van der Waals surface area contributed by atoms with Crippen molar-refractivity contribution in [3.05, 3.63) is 0 Å². The van der Waals surface area contributed by atoms with Crippen LogP contribution in [-0.4, -0.2) is 52.4 Å². The van der Waals surface area contributed by atoms with E-state index in [4.69, 9.17) is 10.2 Å². The van der Waals surface area contributed by atoms with Crippen molar-refractivity contribution in [3.63, 3.8) is 0 Å². The van der Waals surface area contributed by atoms with Crippen LogP contribution < -0.4 is 10.6 Å². The minimum absolute atomic E-state index is 0.0133. The van der Waals surface area contributed by atoms with Gasteiger partial charge in [-0.25, -0.2) is 9.59 Å². The van der Waals surface area contributed by atoms with Crippen LogP contribution in [0.3, 0.4) is 0 Å². The number of carbonyl (C=O) groups excluding carboxylic acids is 1. The highest BCUT2D eigenvalue weighted by Crippen LogP contribution is 2.28. The third-order valence-electron chi connectivity index (χ3n) is 3.09. The second-order valence-corrected chi connectivity index (χ2v) is 5.41. The Kier molecular flexibility index (Phi) is 6.28. The van der Waals surface area contributed by atoms with Crippen LogP contribution in [0, 0.1) is 0 Å². The van der Waals surface area contributed by atoms with E-state index in [0.29, 0.717) is 5.25 Å². The molecule has 4 N–H and O–H groups in total. The predicted octanol–water partition coefficient (Wildman–Crippen LogP) is 0.405. The van der Waals surface area contributed by atoms with E-state index in [2.05, 4.69) is 10.6 Å². The molecule has 0 aromatic carbocycles. The number of amides is 2. The molecular formula is C11H20N2O4S. The van der Waals surface area contributed by atoms with Crippen molar-refractivity contribution >= 4 is 23.8 Å². The fourth-order valence-corrected chi connectivity index (χ4v) is 3.06. The molecule has 0 aliphatic heterocycles. The molecule has 6 nitrogen and oxygen atoms in total. The number of urea groups is 1. The van der Waals surface area contributed by atoms with Crippen LogP contribution in [0.5, 0.6) is 0 Å². The molecule has 3 unspecified atom stereocenters. The summed E-state index contributed by atoms with van der Waals surface area (Å²) in [4.78, 5) is 22.5. The van der Waals surface area contributed by atoms with Gasteiger partial charge in [0.2, 0.25) is 0 Å². The number of aliphatic hydroxyl groups is 1. The van der Waals surface area contributed by atoms with Crippen LogP contribution in [0.25, 0.3) is 0 Å². The molecule has 2 amide bonds. The SMILES string of the molecule is CSC1CCCC1NC(=O)NC(CCO)C(=O)O. The highest BCUT2D eigenvalue weighted by atomic mass is 32.2. The van der Waals surface area contributed by atoms with Gasteiger partial charge in [-0.1, -0.05) is 6.42 Å². The normalized spacial score (nSPS) is 24.6. The fraction of sp³-hybridized carbons (Fsp3) is 0.818. The second-order valence-electron chi connectivity index (χ2n) is 4.33. The first-order valence-corrected chi connectivity index (χ1v) is 7.30. The van der Waals surface area contributed by atoms with E-state index in [1.54, 1.807) is 11.8 Å². The van der Waals surface area contributed by atoms with E-state index < -0.39 is 18.0 Å². The van der Waals surface area contributed by atoms with E-state index in [-0.39, 0.29) is 19.1 Å². The molecule has 0 aromatic rings. The average Bonchev–Trinajstić information content (AvgIpc) is 2.75. The molecule has 18 heavy (non-hydrogen) atoms. The maximum atomic E-state index is 11.7. The van der Waals surface area contributed by atoms with E-state index in [1.807, 2.05) is 6.26 Å². The van der Waals surface area contributed by atoms with Crippen LogP contribution in [0.2, 0.25) is 0 Å². The molecule has 104 valence electrons. The molecule has 0 heterocycles. The molecular weight excluding hydrogens is 256 g/mol. The highest BCUT2D eigenvalue weighted by molar-refractivity contribution is 7.99. The summed E-state index contributed by atoms with van der Waals surface area (Å²) in [5.74, 6) is -1.13. The summed E-state index contributed by atoms with van der Waals surface area (Å²) < 4.78 is 0. The second kappa shape index (κ2) is 7.48. The molecule has 0 saturated heterocycles. The van der Waals surface area contributed by atoms with Crippen molar-refractivity contribution in [2.24, 2.45) is 0 Å². The minimum atomic E-state index is -1.13. The molecule has 0 bridgehead atoms. The van der Waals surface area contributed by atoms with E-state index >= 15 is 0 Å². The summed E-state index contributed by atoms with van der Waals surface area (Å²) >= 11 is 1.72. The standard InChI is InChI=1S/C11H20N2O4S/c1-18-9-4-2-3-7(9)12-11(17)13-8(5-6-14)10(15)16/h7-9,14H,2-6H2,1H3,(H,15,16)(H2,12,13,17). The minimum Gasteiger partial charge on any atom is -0.480 e. The zero-order valence-corrected chi connectivity index (χ0v) is 11.2. The average molecular weight is 276 g/mol. The number of aliphatic hydroxyl groups excluding tert-OH is 1. The third kappa shape index (κ3) is 4.38. The lowest BCUT2D eigenvalue weighted by atomic mass is 10.2. The summed E-state index contributed by atoms with van der Waals surface area (Å²) in [6, 6.07) is -1.41. The van der Waals surface area contributed by atoms with Crippen LogP contribution in [0.1, 0.15) is 25.7 Å². The van der Waals surface area contributed by atoms with Gasteiger partial charge in [0.05, 0.1) is 0 Å². The molecule has 1 aliphatic rings. The Morgan fingerprint density at radius 2 is 2.17 bits per heavy atom. The van der Waals surface area contributed by atoms with Gasteiger partial charge in [-0.05, 0) is 19.1 Å². The molecule has 1 rings (SSSR count). The Balaban J connectivity index is 2.42. The molecule has 7 heteroatoms. The van der Waals surface area contributed by atoms with Gasteiger partial charge in [0, 0.05) is 24.3 Å². The lowest BCUT2D eigenvalue weighted by Gasteiger charge is -2.21. The molecule has 3 atom stereocenters. The zero-order chi connectivity index (χ0) is 13.5. The van der Waals surface area contributed by atoms with Gasteiger partial charge in [-0.15, -0.1) is 0 Å². The molecule has 1 fully saturated rings. The van der Waals surface area contributed by atoms with Crippen molar-refractivity contribution < 1.29 is 19.8 Å². The van der Waals surface area contributed by atoms with E-state index in [9.17, 15) is 9.59 Å². The summed E-state index contributed by atoms with van der Waals surface area (Å²) in [5, 5.41) is 23.2. The van der Waals surface area contributed by atoms with Gasteiger partial charge in [-0.3, -0.25) is 0 Å². The number of carboxylic acids is 1. The first-order valence-electron chi connectivity index (χ1n) is 6.02. The van der Waals surface area contributed by atoms with Crippen molar-refractivity contribution in [2.45, 2.75) is 43.0 Å². The Bertz CT molecular complexity index is 301. The van der Waals surface area contributed by atoms with Crippen molar-refractivity contribution in [1.29, 1.82) is 0 Å². The Labute approximate surface area is 111 Å². The van der Waals surface area contributed by atoms with E-state index in [0.717, 1.165) is 19.3 Å². The lowest BCUT2D eigenvalue weighted by Crippen LogP contribution is -2.50. The number of hydrogen-bond donors (Lipinski definition) is 4. The Morgan fingerprint density at radius 1 is 1.44 bits per heavy atom. The van der Waals surface area contributed by atoms with Crippen LogP contribution in [0.4, 0.5) is 4.79 Å². The molecule has 0 aromatic heterocycles. The van der Waals surface area contributed by atoms with Crippen LogP contribution in [0.15, 0.2) is 0 Å². The first-order chi connectivity index (χ1) is 8.58. The quantitative estimate of drug-likeness (QED) is 0.563.